The Morgan fingerprint density at radius 3 is 2.71 bits per heavy atom. The Bertz CT molecular complexity index is 642. The first-order valence-electron chi connectivity index (χ1n) is 5.18. The molecule has 1 aromatic heterocycles. The van der Waals surface area contributed by atoms with E-state index in [9.17, 15) is 4.79 Å². The van der Waals surface area contributed by atoms with Crippen LogP contribution in [0.25, 0.3) is 5.69 Å². The molecular formula is C12H13N3OS. The van der Waals surface area contributed by atoms with Crippen molar-refractivity contribution in [1.29, 1.82) is 0 Å². The molecule has 1 N–H and O–H groups in total. The highest BCUT2D eigenvalue weighted by atomic mass is 32.1. The summed E-state index contributed by atoms with van der Waals surface area (Å²) >= 11 is 5.12. The summed E-state index contributed by atoms with van der Waals surface area (Å²) in [5, 5.41) is 0. The summed E-state index contributed by atoms with van der Waals surface area (Å²) in [5.41, 5.74) is 1.82. The van der Waals surface area contributed by atoms with Crippen LogP contribution in [0, 0.1) is 4.77 Å². The molecule has 2 rings (SSSR count). The molecule has 0 aliphatic carbocycles. The molecule has 0 radical (unpaired) electrons. The summed E-state index contributed by atoms with van der Waals surface area (Å²) < 4.78 is 2.16. The number of H-pyrrole nitrogens is 1. The van der Waals surface area contributed by atoms with Crippen molar-refractivity contribution in [2.45, 2.75) is 0 Å². The summed E-state index contributed by atoms with van der Waals surface area (Å²) in [6.07, 6.45) is 1.68. The first-order valence-corrected chi connectivity index (χ1v) is 5.58. The van der Waals surface area contributed by atoms with Gasteiger partial charge in [-0.3, -0.25) is 14.3 Å². The highest BCUT2D eigenvalue weighted by molar-refractivity contribution is 7.71. The van der Waals surface area contributed by atoms with Gasteiger partial charge in [-0.05, 0) is 30.4 Å². The molecule has 0 aliphatic rings. The van der Waals surface area contributed by atoms with Gasteiger partial charge in [-0.25, -0.2) is 0 Å². The number of benzene rings is 1. The third-order valence-electron chi connectivity index (χ3n) is 2.45. The third kappa shape index (κ3) is 2.45. The number of nitrogens with zero attached hydrogens (tertiary/aromatic N) is 2. The summed E-state index contributed by atoms with van der Waals surface area (Å²) in [4.78, 5) is 15.7. The number of aromatic nitrogens is 2. The fourth-order valence-electron chi connectivity index (χ4n) is 1.54. The van der Waals surface area contributed by atoms with Crippen LogP contribution in [-0.4, -0.2) is 23.6 Å². The minimum atomic E-state index is -0.185. The van der Waals surface area contributed by atoms with Gasteiger partial charge in [0, 0.05) is 37.7 Å². The van der Waals surface area contributed by atoms with E-state index in [1.807, 2.05) is 43.3 Å². The number of hydrogen-bond donors (Lipinski definition) is 1. The molecular weight excluding hydrogens is 234 g/mol. The van der Waals surface area contributed by atoms with Crippen LogP contribution in [0.1, 0.15) is 0 Å². The normalized spacial score (nSPS) is 10.2. The zero-order chi connectivity index (χ0) is 12.4. The lowest BCUT2D eigenvalue weighted by atomic mass is 10.2. The summed E-state index contributed by atoms with van der Waals surface area (Å²) in [5.74, 6) is 0. The van der Waals surface area contributed by atoms with Gasteiger partial charge in [0.25, 0.3) is 5.56 Å². The van der Waals surface area contributed by atoms with E-state index in [0.29, 0.717) is 4.77 Å². The Balaban J connectivity index is 2.57. The van der Waals surface area contributed by atoms with Gasteiger partial charge in [-0.15, -0.1) is 0 Å². The average molecular weight is 247 g/mol. The van der Waals surface area contributed by atoms with Crippen LogP contribution in [0.4, 0.5) is 5.69 Å². The van der Waals surface area contributed by atoms with Crippen LogP contribution < -0.4 is 10.5 Å². The highest BCUT2D eigenvalue weighted by Crippen LogP contribution is 2.16. The molecule has 0 spiro atoms. The Labute approximate surface area is 104 Å². The Morgan fingerprint density at radius 1 is 1.29 bits per heavy atom. The first-order chi connectivity index (χ1) is 8.08. The minimum absolute atomic E-state index is 0.185. The van der Waals surface area contributed by atoms with Crippen LogP contribution in [0.2, 0.25) is 0 Å². The zero-order valence-corrected chi connectivity index (χ0v) is 10.5. The molecule has 5 heteroatoms. The van der Waals surface area contributed by atoms with E-state index >= 15 is 0 Å². The Kier molecular flexibility index (Phi) is 3.10. The first kappa shape index (κ1) is 11.6. The summed E-state index contributed by atoms with van der Waals surface area (Å²) in [7, 11) is 3.95. The second-order valence-electron chi connectivity index (χ2n) is 3.89. The van der Waals surface area contributed by atoms with Crippen molar-refractivity contribution < 1.29 is 0 Å². The van der Waals surface area contributed by atoms with E-state index in [1.54, 1.807) is 10.8 Å². The predicted molar refractivity (Wildman–Crippen MR) is 71.6 cm³/mol. The fraction of sp³-hybridized carbons (Fsp3) is 0.167. The number of nitrogens with one attached hydrogen (secondary N) is 1. The van der Waals surface area contributed by atoms with Gasteiger partial charge in [0.15, 0.2) is 4.77 Å². The summed E-state index contributed by atoms with van der Waals surface area (Å²) in [6.45, 7) is 0. The molecule has 1 aromatic carbocycles. The van der Waals surface area contributed by atoms with Crippen LogP contribution >= 0.6 is 12.2 Å². The molecule has 0 amide bonds. The summed E-state index contributed by atoms with van der Waals surface area (Å²) in [6, 6.07) is 9.38. The number of aromatic amines is 1. The molecule has 1 heterocycles. The quantitative estimate of drug-likeness (QED) is 0.825. The highest BCUT2D eigenvalue weighted by Gasteiger charge is 2.00. The van der Waals surface area contributed by atoms with Gasteiger partial charge < -0.3 is 4.90 Å². The van der Waals surface area contributed by atoms with Gasteiger partial charge in [0.1, 0.15) is 0 Å². The van der Waals surface area contributed by atoms with Crippen molar-refractivity contribution >= 4 is 17.9 Å². The molecule has 17 heavy (non-hydrogen) atoms. The van der Waals surface area contributed by atoms with Crippen molar-refractivity contribution in [1.82, 2.24) is 9.55 Å². The lowest BCUT2D eigenvalue weighted by molar-refractivity contribution is 0.935. The molecule has 2 aromatic rings. The van der Waals surface area contributed by atoms with E-state index in [4.69, 9.17) is 12.2 Å². The van der Waals surface area contributed by atoms with E-state index in [0.717, 1.165) is 11.4 Å². The number of anilines is 1. The van der Waals surface area contributed by atoms with Crippen LogP contribution in [-0.2, 0) is 0 Å². The minimum Gasteiger partial charge on any atom is -0.378 e. The van der Waals surface area contributed by atoms with Gasteiger partial charge in [-0.2, -0.15) is 0 Å². The maximum Gasteiger partial charge on any atom is 0.251 e. The fourth-order valence-corrected chi connectivity index (χ4v) is 1.81. The maximum atomic E-state index is 11.1. The Morgan fingerprint density at radius 2 is 2.06 bits per heavy atom. The zero-order valence-electron chi connectivity index (χ0n) is 9.68. The van der Waals surface area contributed by atoms with Crippen LogP contribution in [0.15, 0.2) is 41.3 Å². The van der Waals surface area contributed by atoms with Crippen molar-refractivity contribution in [2.75, 3.05) is 19.0 Å². The third-order valence-corrected chi connectivity index (χ3v) is 2.75. The van der Waals surface area contributed by atoms with Crippen molar-refractivity contribution in [3.63, 3.8) is 0 Å². The molecule has 0 unspecified atom stereocenters. The predicted octanol–water partition coefficient (Wildman–Crippen LogP) is 1.96. The standard InChI is InChI=1S/C12H13N3OS/c1-14(2)9-4-3-5-10(8-9)15-7-6-11(16)13-12(15)17/h3-8H,1-2H3,(H,13,16,17). The van der Waals surface area contributed by atoms with E-state index in [-0.39, 0.29) is 5.56 Å². The molecule has 0 aliphatic heterocycles. The van der Waals surface area contributed by atoms with Crippen molar-refractivity contribution in [3.05, 3.63) is 51.7 Å². The van der Waals surface area contributed by atoms with Gasteiger partial charge in [0.2, 0.25) is 0 Å². The van der Waals surface area contributed by atoms with Crippen LogP contribution in [0.3, 0.4) is 0 Å². The maximum absolute atomic E-state index is 11.1. The molecule has 0 atom stereocenters. The monoisotopic (exact) mass is 247 g/mol. The van der Waals surface area contributed by atoms with Gasteiger partial charge >= 0.3 is 0 Å². The van der Waals surface area contributed by atoms with E-state index < -0.39 is 0 Å². The molecule has 88 valence electrons. The molecule has 0 saturated heterocycles. The van der Waals surface area contributed by atoms with Gasteiger partial charge in [-0.1, -0.05) is 6.07 Å². The largest absolute Gasteiger partial charge is 0.378 e. The Hall–Kier alpha value is -1.88. The molecule has 0 bridgehead atoms. The number of hydrogen-bond acceptors (Lipinski definition) is 3. The van der Waals surface area contributed by atoms with E-state index in [2.05, 4.69) is 4.98 Å². The van der Waals surface area contributed by atoms with Crippen LogP contribution in [0.5, 0.6) is 0 Å². The average Bonchev–Trinajstić information content (AvgIpc) is 2.29. The second-order valence-corrected chi connectivity index (χ2v) is 4.28. The topological polar surface area (TPSA) is 41.0 Å². The number of rotatable bonds is 2. The smallest absolute Gasteiger partial charge is 0.251 e. The second kappa shape index (κ2) is 4.55. The van der Waals surface area contributed by atoms with Crippen molar-refractivity contribution in [2.24, 2.45) is 0 Å². The lowest BCUT2D eigenvalue weighted by Gasteiger charge is -2.14. The molecule has 0 fully saturated rings. The van der Waals surface area contributed by atoms with Crippen molar-refractivity contribution in [3.8, 4) is 5.69 Å². The molecule has 4 nitrogen and oxygen atoms in total. The van der Waals surface area contributed by atoms with Gasteiger partial charge in [0.05, 0.1) is 0 Å². The molecule has 0 saturated carbocycles. The van der Waals surface area contributed by atoms with E-state index in [1.165, 1.54) is 6.07 Å². The lowest BCUT2D eigenvalue weighted by Crippen LogP contribution is -2.11. The SMILES string of the molecule is CN(C)c1cccc(-n2ccc(=O)[nH]c2=S)c1.